The molecule has 1 aromatic heterocycles. The van der Waals surface area contributed by atoms with E-state index >= 15 is 0 Å². The van der Waals surface area contributed by atoms with Gasteiger partial charge in [0.2, 0.25) is 5.88 Å². The minimum Gasteiger partial charge on any atom is -0.471 e. The number of alkyl halides is 3. The van der Waals surface area contributed by atoms with E-state index in [1.165, 1.54) is 6.08 Å². The second kappa shape index (κ2) is 11.0. The van der Waals surface area contributed by atoms with Gasteiger partial charge in [-0.1, -0.05) is 58.7 Å². The van der Waals surface area contributed by atoms with Crippen LogP contribution in [0.4, 0.5) is 13.2 Å². The van der Waals surface area contributed by atoms with E-state index in [-0.39, 0.29) is 23.6 Å². The number of pyridine rings is 1. The molecule has 2 aromatic rings. The summed E-state index contributed by atoms with van der Waals surface area (Å²) in [4.78, 5) is 8.98. The number of benzene rings is 1. The molecule has 2 rings (SSSR count). The summed E-state index contributed by atoms with van der Waals surface area (Å²) in [5, 5.41) is 4.01. The van der Waals surface area contributed by atoms with Crippen molar-refractivity contribution in [3.05, 3.63) is 70.4 Å². The van der Waals surface area contributed by atoms with Crippen molar-refractivity contribution in [3.63, 3.8) is 0 Å². The van der Waals surface area contributed by atoms with Gasteiger partial charge in [0.25, 0.3) is 6.29 Å². The quantitative estimate of drug-likeness (QED) is 0.285. The number of hydrogen-bond donors (Lipinski definition) is 0. The van der Waals surface area contributed by atoms with Gasteiger partial charge in [-0.3, -0.25) is 0 Å². The molecule has 29 heavy (non-hydrogen) atoms. The summed E-state index contributed by atoms with van der Waals surface area (Å²) in [6.45, 7) is 1.58. The van der Waals surface area contributed by atoms with E-state index in [1.54, 1.807) is 6.92 Å². The van der Waals surface area contributed by atoms with Crippen LogP contribution in [-0.2, 0) is 15.8 Å². The second-order valence-electron chi connectivity index (χ2n) is 5.60. The first kappa shape index (κ1) is 23.0. The first-order chi connectivity index (χ1) is 13.8. The molecule has 0 fully saturated rings. The van der Waals surface area contributed by atoms with Crippen LogP contribution in [0.5, 0.6) is 5.88 Å². The van der Waals surface area contributed by atoms with Crippen molar-refractivity contribution in [2.24, 2.45) is 5.16 Å². The minimum absolute atomic E-state index is 0.0106. The molecule has 0 N–H and O–H groups in total. The third-order valence-electron chi connectivity index (χ3n) is 3.45. The molecule has 1 heterocycles. The van der Waals surface area contributed by atoms with Crippen LogP contribution in [0.2, 0.25) is 0 Å². The SMILES string of the molecule is C/C(=N\OC(COc1ccc(C(F)(F)F)cn1)OCC=C(Cl)Cl)c1ccccc1. The monoisotopic (exact) mass is 448 g/mol. The third-order valence-corrected chi connectivity index (χ3v) is 3.76. The van der Waals surface area contributed by atoms with Crippen molar-refractivity contribution in [1.82, 2.24) is 4.98 Å². The van der Waals surface area contributed by atoms with Gasteiger partial charge in [-0.05, 0) is 24.6 Å². The lowest BCUT2D eigenvalue weighted by atomic mass is 10.1. The van der Waals surface area contributed by atoms with Gasteiger partial charge in [-0.2, -0.15) is 13.2 Å². The van der Waals surface area contributed by atoms with Crippen LogP contribution in [0.25, 0.3) is 0 Å². The Morgan fingerprint density at radius 1 is 1.17 bits per heavy atom. The van der Waals surface area contributed by atoms with E-state index in [4.69, 9.17) is 37.5 Å². The largest absolute Gasteiger partial charge is 0.471 e. The maximum absolute atomic E-state index is 12.6. The van der Waals surface area contributed by atoms with E-state index in [0.29, 0.717) is 11.9 Å². The molecule has 0 bridgehead atoms. The summed E-state index contributed by atoms with van der Waals surface area (Å²) < 4.78 is 48.6. The van der Waals surface area contributed by atoms with Crippen LogP contribution in [0.1, 0.15) is 18.1 Å². The predicted octanol–water partition coefficient (Wildman–Crippen LogP) is 5.58. The summed E-state index contributed by atoms with van der Waals surface area (Å²) in [5.41, 5.74) is 0.567. The fourth-order valence-corrected chi connectivity index (χ4v) is 2.11. The maximum atomic E-state index is 12.6. The Labute approximate surface area is 175 Å². The average molecular weight is 449 g/mol. The van der Waals surface area contributed by atoms with Crippen molar-refractivity contribution in [1.29, 1.82) is 0 Å². The van der Waals surface area contributed by atoms with Crippen LogP contribution >= 0.6 is 23.2 Å². The van der Waals surface area contributed by atoms with E-state index in [0.717, 1.165) is 17.7 Å². The van der Waals surface area contributed by atoms with Crippen LogP contribution in [0, 0.1) is 0 Å². The lowest BCUT2D eigenvalue weighted by Crippen LogP contribution is -2.24. The van der Waals surface area contributed by atoms with E-state index in [2.05, 4.69) is 10.1 Å². The smallest absolute Gasteiger partial charge is 0.417 e. The standard InChI is InChI=1S/C19H17Cl2F3N2O3/c1-13(14-5-3-2-4-6-14)26-29-18(27-10-9-16(20)21)12-28-17-8-7-15(11-25-17)19(22,23)24/h2-9,11,18H,10,12H2,1H3/b26-13+. The lowest BCUT2D eigenvalue weighted by molar-refractivity contribution is -0.151. The number of nitrogens with zero attached hydrogens (tertiary/aromatic N) is 2. The molecule has 1 unspecified atom stereocenters. The first-order valence-electron chi connectivity index (χ1n) is 8.30. The summed E-state index contributed by atoms with van der Waals surface area (Å²) in [6, 6.07) is 11.3. The van der Waals surface area contributed by atoms with Gasteiger partial charge in [0, 0.05) is 12.3 Å². The minimum atomic E-state index is -4.48. The zero-order valence-electron chi connectivity index (χ0n) is 15.2. The number of halogens is 5. The molecule has 0 saturated heterocycles. The van der Waals surface area contributed by atoms with Crippen molar-refractivity contribution in [2.45, 2.75) is 19.4 Å². The van der Waals surface area contributed by atoms with Gasteiger partial charge in [0.1, 0.15) is 4.49 Å². The Balaban J connectivity index is 2.00. The molecule has 5 nitrogen and oxygen atoms in total. The van der Waals surface area contributed by atoms with Crippen molar-refractivity contribution < 1.29 is 27.5 Å². The number of oxime groups is 1. The highest BCUT2D eigenvalue weighted by molar-refractivity contribution is 6.55. The zero-order chi connectivity index (χ0) is 21.3. The van der Waals surface area contributed by atoms with Crippen LogP contribution in [0.15, 0.2) is 64.4 Å². The van der Waals surface area contributed by atoms with Crippen LogP contribution in [0.3, 0.4) is 0 Å². The molecular weight excluding hydrogens is 432 g/mol. The van der Waals surface area contributed by atoms with Gasteiger partial charge in [0.05, 0.1) is 17.9 Å². The maximum Gasteiger partial charge on any atom is 0.417 e. The Morgan fingerprint density at radius 3 is 2.48 bits per heavy atom. The molecule has 0 aliphatic rings. The fourth-order valence-electron chi connectivity index (χ4n) is 1.98. The summed E-state index contributed by atoms with van der Waals surface area (Å²) >= 11 is 11.1. The highest BCUT2D eigenvalue weighted by atomic mass is 35.5. The number of ether oxygens (including phenoxy) is 2. The van der Waals surface area contributed by atoms with Gasteiger partial charge in [-0.15, -0.1) is 0 Å². The highest BCUT2D eigenvalue weighted by Gasteiger charge is 2.30. The average Bonchev–Trinajstić information content (AvgIpc) is 2.69. The van der Waals surface area contributed by atoms with Crippen LogP contribution < -0.4 is 4.74 Å². The molecular formula is C19H17Cl2F3N2O3. The summed E-state index contributed by atoms with van der Waals surface area (Å²) in [5.74, 6) is -0.0233. The van der Waals surface area contributed by atoms with Crippen molar-refractivity contribution >= 4 is 28.9 Å². The molecule has 0 saturated carbocycles. The Hall–Kier alpha value is -2.29. The Morgan fingerprint density at radius 2 is 1.90 bits per heavy atom. The van der Waals surface area contributed by atoms with Gasteiger partial charge >= 0.3 is 6.18 Å². The van der Waals surface area contributed by atoms with Crippen molar-refractivity contribution in [3.8, 4) is 5.88 Å². The van der Waals surface area contributed by atoms with E-state index < -0.39 is 18.0 Å². The molecule has 1 aromatic carbocycles. The Bertz CT molecular complexity index is 825. The molecule has 0 aliphatic carbocycles. The highest BCUT2D eigenvalue weighted by Crippen LogP contribution is 2.29. The normalized spacial score (nSPS) is 13.0. The molecule has 0 spiro atoms. The predicted molar refractivity (Wildman–Crippen MR) is 104 cm³/mol. The van der Waals surface area contributed by atoms with Gasteiger partial charge < -0.3 is 14.3 Å². The molecule has 0 radical (unpaired) electrons. The Kier molecular flexibility index (Phi) is 8.75. The second-order valence-corrected chi connectivity index (χ2v) is 6.61. The first-order valence-corrected chi connectivity index (χ1v) is 9.06. The summed E-state index contributed by atoms with van der Waals surface area (Å²) in [7, 11) is 0. The van der Waals surface area contributed by atoms with Gasteiger partial charge in [-0.25, -0.2) is 4.98 Å². The lowest BCUT2D eigenvalue weighted by Gasteiger charge is -2.16. The number of hydrogen-bond acceptors (Lipinski definition) is 5. The molecule has 0 aliphatic heterocycles. The summed E-state index contributed by atoms with van der Waals surface area (Å²) in [6.07, 6.45) is -3.39. The molecule has 156 valence electrons. The zero-order valence-corrected chi connectivity index (χ0v) is 16.7. The number of rotatable bonds is 9. The fraction of sp³-hybridized carbons (Fsp3) is 0.263. The molecule has 0 amide bonds. The molecule has 10 heteroatoms. The van der Waals surface area contributed by atoms with Crippen molar-refractivity contribution in [2.75, 3.05) is 13.2 Å². The van der Waals surface area contributed by atoms with Gasteiger partial charge in [0.15, 0.2) is 6.61 Å². The van der Waals surface area contributed by atoms with E-state index in [9.17, 15) is 13.2 Å². The van der Waals surface area contributed by atoms with E-state index in [1.807, 2.05) is 30.3 Å². The topological polar surface area (TPSA) is 52.9 Å². The van der Waals surface area contributed by atoms with Crippen LogP contribution in [-0.4, -0.2) is 30.2 Å². The molecule has 1 atom stereocenters. The third kappa shape index (κ3) is 8.31. The number of aromatic nitrogens is 1.